The second-order valence-electron chi connectivity index (χ2n) is 10.8. The first-order chi connectivity index (χ1) is 12.1. The summed E-state index contributed by atoms with van der Waals surface area (Å²) in [5, 5.41) is 0.246. The molecule has 154 valence electrons. The number of rotatable bonds is 7. The summed E-state index contributed by atoms with van der Waals surface area (Å²) < 4.78 is 6.05. The van der Waals surface area contributed by atoms with Gasteiger partial charge in [-0.1, -0.05) is 85.0 Å². The van der Waals surface area contributed by atoms with E-state index in [0.717, 1.165) is 6.42 Å². The van der Waals surface area contributed by atoms with E-state index < -0.39 is 16.6 Å². The zero-order valence-corrected chi connectivity index (χ0v) is 21.2. The lowest BCUT2D eigenvalue weighted by molar-refractivity contribution is -0.135. The van der Waals surface area contributed by atoms with Gasteiger partial charge in [-0.3, -0.25) is 4.79 Å². The van der Waals surface area contributed by atoms with Crippen molar-refractivity contribution in [2.45, 2.75) is 96.7 Å². The lowest BCUT2D eigenvalue weighted by Gasteiger charge is -2.41. The molecule has 1 atom stereocenters. The van der Waals surface area contributed by atoms with E-state index in [-0.39, 0.29) is 22.1 Å². The predicted molar refractivity (Wildman–Crippen MR) is 122 cm³/mol. The summed E-state index contributed by atoms with van der Waals surface area (Å²) in [4.78, 5) is 16.7. The van der Waals surface area contributed by atoms with Gasteiger partial charge in [0.25, 0.3) is 14.3 Å². The molecule has 0 aliphatic heterocycles. The second-order valence-corrected chi connectivity index (χ2v) is 20.6. The SMILES string of the molecule is CC(C)(C)[Si](C)(C)NC(CC(=O)O[Si](C)(C)C(C)(C)C)Cc1ccccc1. The maximum atomic E-state index is 12.8. The van der Waals surface area contributed by atoms with E-state index in [4.69, 9.17) is 4.43 Å². The van der Waals surface area contributed by atoms with Crippen molar-refractivity contribution in [3.8, 4) is 0 Å². The largest absolute Gasteiger partial charge is 0.519 e. The molecule has 1 aromatic rings. The molecule has 0 fully saturated rings. The monoisotopic (exact) mass is 407 g/mol. The molecular weight excluding hydrogens is 366 g/mol. The van der Waals surface area contributed by atoms with Crippen molar-refractivity contribution < 1.29 is 9.22 Å². The van der Waals surface area contributed by atoms with Crippen molar-refractivity contribution in [2.24, 2.45) is 0 Å². The average Bonchev–Trinajstić information content (AvgIpc) is 2.44. The highest BCUT2D eigenvalue weighted by Crippen LogP contribution is 2.37. The summed E-state index contributed by atoms with van der Waals surface area (Å²) in [6.45, 7) is 22.4. The Morgan fingerprint density at radius 2 is 1.48 bits per heavy atom. The Hall–Kier alpha value is -0.916. The van der Waals surface area contributed by atoms with Crippen molar-refractivity contribution in [2.75, 3.05) is 0 Å². The highest BCUT2D eigenvalue weighted by molar-refractivity contribution is 6.78. The Morgan fingerprint density at radius 1 is 0.963 bits per heavy atom. The van der Waals surface area contributed by atoms with Crippen LogP contribution in [0.25, 0.3) is 0 Å². The minimum atomic E-state index is -2.09. The number of hydrogen-bond acceptors (Lipinski definition) is 3. The van der Waals surface area contributed by atoms with Gasteiger partial charge >= 0.3 is 0 Å². The topological polar surface area (TPSA) is 38.3 Å². The van der Waals surface area contributed by atoms with Crippen LogP contribution < -0.4 is 4.98 Å². The van der Waals surface area contributed by atoms with Crippen LogP contribution in [0.1, 0.15) is 53.5 Å². The number of carbonyl (C=O) groups is 1. The summed E-state index contributed by atoms with van der Waals surface area (Å²) in [5.74, 6) is -0.0614. The molecule has 0 heterocycles. The second kappa shape index (κ2) is 8.62. The quantitative estimate of drug-likeness (QED) is 0.552. The van der Waals surface area contributed by atoms with E-state index in [1.165, 1.54) is 5.56 Å². The summed E-state index contributed by atoms with van der Waals surface area (Å²) in [7, 11) is -3.82. The van der Waals surface area contributed by atoms with Crippen LogP contribution in [-0.4, -0.2) is 28.6 Å². The summed E-state index contributed by atoms with van der Waals surface area (Å²) in [6.07, 6.45) is 1.27. The molecule has 1 N–H and O–H groups in total. The van der Waals surface area contributed by atoms with Crippen molar-refractivity contribution >= 4 is 22.5 Å². The number of benzene rings is 1. The van der Waals surface area contributed by atoms with Gasteiger partial charge in [0, 0.05) is 6.04 Å². The van der Waals surface area contributed by atoms with Crippen LogP contribution in [0.2, 0.25) is 36.3 Å². The maximum absolute atomic E-state index is 12.8. The molecule has 0 saturated heterocycles. The molecule has 1 rings (SSSR count). The Labute approximate surface area is 169 Å². The molecule has 1 aromatic carbocycles. The first-order valence-corrected chi connectivity index (χ1v) is 16.0. The van der Waals surface area contributed by atoms with E-state index in [1.54, 1.807) is 0 Å². The van der Waals surface area contributed by atoms with Crippen LogP contribution in [0.15, 0.2) is 30.3 Å². The molecule has 3 nitrogen and oxygen atoms in total. The lowest BCUT2D eigenvalue weighted by atomic mass is 10.0. The van der Waals surface area contributed by atoms with E-state index >= 15 is 0 Å². The highest BCUT2D eigenvalue weighted by atomic mass is 28.4. The molecule has 0 radical (unpaired) electrons. The Balaban J connectivity index is 2.96. The van der Waals surface area contributed by atoms with E-state index in [2.05, 4.69) is 97.0 Å². The Kier molecular flexibility index (Phi) is 7.70. The molecule has 0 aliphatic carbocycles. The van der Waals surface area contributed by atoms with E-state index in [1.807, 2.05) is 6.07 Å². The van der Waals surface area contributed by atoms with Crippen LogP contribution in [0.5, 0.6) is 0 Å². The highest BCUT2D eigenvalue weighted by Gasteiger charge is 2.41. The molecule has 0 aromatic heterocycles. The van der Waals surface area contributed by atoms with Crippen LogP contribution in [0.4, 0.5) is 0 Å². The van der Waals surface area contributed by atoms with Gasteiger partial charge in [0.2, 0.25) is 0 Å². The van der Waals surface area contributed by atoms with Gasteiger partial charge in [-0.25, -0.2) is 0 Å². The number of hydrogen-bond donors (Lipinski definition) is 1. The normalized spacial score (nSPS) is 14.7. The molecule has 0 bridgehead atoms. The van der Waals surface area contributed by atoms with Gasteiger partial charge < -0.3 is 9.41 Å². The fraction of sp³-hybridized carbons (Fsp3) is 0.682. The van der Waals surface area contributed by atoms with E-state index in [0.29, 0.717) is 6.42 Å². The number of nitrogens with one attached hydrogen (secondary N) is 1. The zero-order chi connectivity index (χ0) is 21.1. The fourth-order valence-corrected chi connectivity index (χ4v) is 5.10. The van der Waals surface area contributed by atoms with Crippen LogP contribution in [0, 0.1) is 0 Å². The fourth-order valence-electron chi connectivity index (χ4n) is 2.48. The van der Waals surface area contributed by atoms with Crippen molar-refractivity contribution in [3.05, 3.63) is 35.9 Å². The molecule has 5 heteroatoms. The third-order valence-corrected chi connectivity index (χ3v) is 15.6. The van der Waals surface area contributed by atoms with Crippen molar-refractivity contribution in [1.29, 1.82) is 0 Å². The third-order valence-electron chi connectivity index (χ3n) is 6.35. The lowest BCUT2D eigenvalue weighted by Crippen LogP contribution is -2.57. The minimum absolute atomic E-state index is 0.0322. The van der Waals surface area contributed by atoms with Gasteiger partial charge in [0.15, 0.2) is 0 Å². The van der Waals surface area contributed by atoms with Gasteiger partial charge in [0.1, 0.15) is 8.24 Å². The van der Waals surface area contributed by atoms with Gasteiger partial charge in [-0.05, 0) is 35.2 Å². The average molecular weight is 408 g/mol. The number of carbonyl (C=O) groups excluding carboxylic acids is 1. The van der Waals surface area contributed by atoms with Crippen LogP contribution in [-0.2, 0) is 15.6 Å². The third kappa shape index (κ3) is 7.20. The molecular formula is C22H41NO2Si2. The first kappa shape index (κ1) is 24.1. The molecule has 1 unspecified atom stereocenters. The maximum Gasteiger partial charge on any atom is 0.294 e. The summed E-state index contributed by atoms with van der Waals surface area (Å²) >= 11 is 0. The van der Waals surface area contributed by atoms with Gasteiger partial charge in [0.05, 0.1) is 6.42 Å². The predicted octanol–water partition coefficient (Wildman–Crippen LogP) is 6.13. The van der Waals surface area contributed by atoms with Crippen LogP contribution in [0.3, 0.4) is 0 Å². The smallest absolute Gasteiger partial charge is 0.294 e. The first-order valence-electron chi connectivity index (χ1n) is 10.1. The summed E-state index contributed by atoms with van der Waals surface area (Å²) in [5.41, 5.74) is 1.26. The zero-order valence-electron chi connectivity index (χ0n) is 19.2. The minimum Gasteiger partial charge on any atom is -0.519 e. The Bertz CT molecular complexity index is 613. The molecule has 0 saturated carbocycles. The molecule has 27 heavy (non-hydrogen) atoms. The molecule has 0 spiro atoms. The van der Waals surface area contributed by atoms with Gasteiger partial charge in [-0.15, -0.1) is 0 Å². The van der Waals surface area contributed by atoms with Gasteiger partial charge in [-0.2, -0.15) is 0 Å². The summed E-state index contributed by atoms with van der Waals surface area (Å²) in [6, 6.07) is 10.5. The molecule has 0 aliphatic rings. The van der Waals surface area contributed by atoms with E-state index in [9.17, 15) is 4.79 Å². The van der Waals surface area contributed by atoms with Crippen molar-refractivity contribution in [1.82, 2.24) is 4.98 Å². The standard InChI is InChI=1S/C22H41NO2Si2/c1-21(2,3)26(7,8)23-19(16-18-14-12-11-13-15-18)17-20(24)25-27(9,10)22(4,5)6/h11-15,19,23H,16-17H2,1-10H3. The molecule has 0 amide bonds. The van der Waals surface area contributed by atoms with Crippen LogP contribution >= 0.6 is 0 Å². The Morgan fingerprint density at radius 3 is 1.93 bits per heavy atom. The van der Waals surface area contributed by atoms with Crippen molar-refractivity contribution in [3.63, 3.8) is 0 Å².